The maximum absolute atomic E-state index is 9.90. The van der Waals surface area contributed by atoms with Crippen LogP contribution in [0.15, 0.2) is 0 Å². The van der Waals surface area contributed by atoms with Gasteiger partial charge in [-0.2, -0.15) is 0 Å². The minimum Gasteiger partial charge on any atom is -0.394 e. The molecule has 0 spiro atoms. The van der Waals surface area contributed by atoms with E-state index in [9.17, 15) is 5.11 Å². The largest absolute Gasteiger partial charge is 0.394 e. The van der Waals surface area contributed by atoms with Crippen molar-refractivity contribution in [2.45, 2.75) is 82.1 Å². The fourth-order valence-electron chi connectivity index (χ4n) is 5.01. The van der Waals surface area contributed by atoms with Crippen molar-refractivity contribution in [2.24, 2.45) is 0 Å². The van der Waals surface area contributed by atoms with Gasteiger partial charge in [-0.3, -0.25) is 9.80 Å². The molecule has 2 aliphatic heterocycles. The molecular weight excluding hydrogens is 262 g/mol. The Balaban J connectivity index is 1.63. The number of aliphatic hydroxyl groups excluding tert-OH is 1. The lowest BCUT2D eigenvalue weighted by Crippen LogP contribution is -2.51. The van der Waals surface area contributed by atoms with E-state index in [2.05, 4.69) is 36.0 Å². The first kappa shape index (κ1) is 15.7. The van der Waals surface area contributed by atoms with Crippen LogP contribution in [0.2, 0.25) is 0 Å². The molecular formula is C17H33N3O. The molecule has 4 heteroatoms. The topological polar surface area (TPSA) is 38.7 Å². The Bertz CT molecular complexity index is 362. The molecule has 0 amide bonds. The molecule has 4 atom stereocenters. The molecule has 3 rings (SSSR count). The summed E-state index contributed by atoms with van der Waals surface area (Å²) in [7, 11) is 2.32. The third-order valence-corrected chi connectivity index (χ3v) is 6.18. The van der Waals surface area contributed by atoms with Crippen molar-refractivity contribution in [3.8, 4) is 0 Å². The molecule has 4 nitrogen and oxygen atoms in total. The average Bonchev–Trinajstić information content (AvgIpc) is 2.93. The van der Waals surface area contributed by atoms with Crippen molar-refractivity contribution in [1.29, 1.82) is 0 Å². The fraction of sp³-hybridized carbons (Fsp3) is 1.00. The Labute approximate surface area is 129 Å². The van der Waals surface area contributed by atoms with Crippen molar-refractivity contribution in [1.82, 2.24) is 15.1 Å². The van der Waals surface area contributed by atoms with Gasteiger partial charge in [0.25, 0.3) is 0 Å². The second-order valence-corrected chi connectivity index (χ2v) is 7.97. The highest BCUT2D eigenvalue weighted by molar-refractivity contribution is 5.02. The van der Waals surface area contributed by atoms with E-state index in [4.69, 9.17) is 0 Å². The lowest BCUT2D eigenvalue weighted by molar-refractivity contribution is 0.130. The smallest absolute Gasteiger partial charge is 0.0614 e. The lowest BCUT2D eigenvalue weighted by atomic mass is 9.97. The van der Waals surface area contributed by atoms with Gasteiger partial charge in [0.1, 0.15) is 0 Å². The summed E-state index contributed by atoms with van der Waals surface area (Å²) in [6.45, 7) is 7.14. The van der Waals surface area contributed by atoms with Gasteiger partial charge in [0.15, 0.2) is 0 Å². The molecule has 0 aromatic heterocycles. The Morgan fingerprint density at radius 3 is 2.62 bits per heavy atom. The number of nitrogens with one attached hydrogen (secondary N) is 1. The van der Waals surface area contributed by atoms with Crippen LogP contribution in [-0.2, 0) is 0 Å². The summed E-state index contributed by atoms with van der Waals surface area (Å²) in [5, 5.41) is 13.5. The molecule has 2 heterocycles. The minimum absolute atomic E-state index is 0.0317. The summed E-state index contributed by atoms with van der Waals surface area (Å²) in [4.78, 5) is 5.36. The molecule has 0 radical (unpaired) electrons. The van der Waals surface area contributed by atoms with E-state index < -0.39 is 0 Å². The highest BCUT2D eigenvalue weighted by atomic mass is 16.3. The van der Waals surface area contributed by atoms with E-state index >= 15 is 0 Å². The molecule has 4 unspecified atom stereocenters. The number of likely N-dealkylation sites (tertiary alicyclic amines) is 1. The van der Waals surface area contributed by atoms with Crippen LogP contribution in [0.5, 0.6) is 0 Å². The number of hydrogen-bond donors (Lipinski definition) is 2. The molecule has 0 aromatic rings. The first-order valence-corrected chi connectivity index (χ1v) is 8.87. The molecule has 1 saturated carbocycles. The van der Waals surface area contributed by atoms with Gasteiger partial charge in [-0.1, -0.05) is 13.8 Å². The third kappa shape index (κ3) is 3.14. The van der Waals surface area contributed by atoms with Gasteiger partial charge in [-0.25, -0.2) is 0 Å². The van der Waals surface area contributed by atoms with Crippen LogP contribution in [0.25, 0.3) is 0 Å². The van der Waals surface area contributed by atoms with Crippen molar-refractivity contribution >= 4 is 0 Å². The SMILES string of the molecule is CC(C)NC1(CO)CCC(N2CCC3CCC(C2)N3C)C1. The van der Waals surface area contributed by atoms with Crippen molar-refractivity contribution in [3.05, 3.63) is 0 Å². The Morgan fingerprint density at radius 1 is 1.14 bits per heavy atom. The zero-order chi connectivity index (χ0) is 15.0. The van der Waals surface area contributed by atoms with Gasteiger partial charge in [-0.15, -0.1) is 0 Å². The van der Waals surface area contributed by atoms with Gasteiger partial charge in [0.05, 0.1) is 6.61 Å². The van der Waals surface area contributed by atoms with Gasteiger partial charge < -0.3 is 10.4 Å². The number of rotatable bonds is 4. The number of aliphatic hydroxyl groups is 1. The van der Waals surface area contributed by atoms with E-state index in [1.165, 1.54) is 38.8 Å². The Morgan fingerprint density at radius 2 is 1.90 bits per heavy atom. The van der Waals surface area contributed by atoms with E-state index in [-0.39, 0.29) is 12.1 Å². The lowest BCUT2D eigenvalue weighted by Gasteiger charge is -2.34. The molecule has 3 aliphatic rings. The average molecular weight is 295 g/mol. The standard InChI is InChI=1S/C17H33N3O/c1-13(2)18-17(12-21)8-6-15(10-17)20-9-7-14-4-5-16(11-20)19(14)3/h13-16,18,21H,4-12H2,1-3H3. The second kappa shape index (κ2) is 6.15. The molecule has 2 N–H and O–H groups in total. The van der Waals surface area contributed by atoms with Crippen LogP contribution < -0.4 is 5.32 Å². The van der Waals surface area contributed by atoms with E-state index in [0.29, 0.717) is 12.1 Å². The van der Waals surface area contributed by atoms with E-state index in [0.717, 1.165) is 24.9 Å². The van der Waals surface area contributed by atoms with Crippen LogP contribution in [0.4, 0.5) is 0 Å². The first-order valence-electron chi connectivity index (χ1n) is 8.87. The first-order chi connectivity index (χ1) is 10.0. The summed E-state index contributed by atoms with van der Waals surface area (Å²) in [5.41, 5.74) is -0.0317. The van der Waals surface area contributed by atoms with Gasteiger partial charge >= 0.3 is 0 Å². The second-order valence-electron chi connectivity index (χ2n) is 7.97. The summed E-state index contributed by atoms with van der Waals surface area (Å²) in [6, 6.07) is 2.69. The van der Waals surface area contributed by atoms with Gasteiger partial charge in [0.2, 0.25) is 0 Å². The zero-order valence-corrected chi connectivity index (χ0v) is 14.0. The number of likely N-dealkylation sites (N-methyl/N-ethyl adjacent to an activating group) is 1. The normalized spacial score (nSPS) is 41.9. The van der Waals surface area contributed by atoms with Gasteiger partial charge in [-0.05, 0) is 52.1 Å². The quantitative estimate of drug-likeness (QED) is 0.823. The molecule has 0 aromatic carbocycles. The van der Waals surface area contributed by atoms with Crippen LogP contribution in [0, 0.1) is 0 Å². The fourth-order valence-corrected chi connectivity index (χ4v) is 5.01. The predicted octanol–water partition coefficient (Wildman–Crippen LogP) is 1.44. The van der Waals surface area contributed by atoms with Crippen LogP contribution in [-0.4, -0.2) is 71.4 Å². The number of hydrogen-bond acceptors (Lipinski definition) is 4. The van der Waals surface area contributed by atoms with E-state index in [1.807, 2.05) is 0 Å². The number of nitrogens with zero attached hydrogens (tertiary/aromatic N) is 2. The molecule has 3 fully saturated rings. The number of fused-ring (bicyclic) bond motifs is 2. The molecule has 2 bridgehead atoms. The van der Waals surface area contributed by atoms with Crippen molar-refractivity contribution in [3.63, 3.8) is 0 Å². The Hall–Kier alpha value is -0.160. The molecule has 1 aliphatic carbocycles. The minimum atomic E-state index is -0.0317. The maximum Gasteiger partial charge on any atom is 0.0614 e. The third-order valence-electron chi connectivity index (χ3n) is 6.18. The maximum atomic E-state index is 9.90. The Kier molecular flexibility index (Phi) is 4.60. The highest BCUT2D eigenvalue weighted by Gasteiger charge is 2.43. The zero-order valence-electron chi connectivity index (χ0n) is 14.0. The molecule has 122 valence electrons. The molecule has 2 saturated heterocycles. The predicted molar refractivity (Wildman–Crippen MR) is 86.5 cm³/mol. The van der Waals surface area contributed by atoms with Crippen LogP contribution >= 0.6 is 0 Å². The van der Waals surface area contributed by atoms with Gasteiger partial charge in [0, 0.05) is 36.3 Å². The monoisotopic (exact) mass is 295 g/mol. The summed E-state index contributed by atoms with van der Waals surface area (Å²) < 4.78 is 0. The van der Waals surface area contributed by atoms with Crippen molar-refractivity contribution < 1.29 is 5.11 Å². The van der Waals surface area contributed by atoms with Crippen molar-refractivity contribution in [2.75, 3.05) is 26.7 Å². The molecule has 21 heavy (non-hydrogen) atoms. The summed E-state index contributed by atoms with van der Waals surface area (Å²) in [6.07, 6.45) is 7.57. The highest BCUT2D eigenvalue weighted by Crippen LogP contribution is 2.36. The van der Waals surface area contributed by atoms with E-state index in [1.54, 1.807) is 0 Å². The van der Waals surface area contributed by atoms with Crippen LogP contribution in [0.3, 0.4) is 0 Å². The summed E-state index contributed by atoms with van der Waals surface area (Å²) in [5.74, 6) is 0. The summed E-state index contributed by atoms with van der Waals surface area (Å²) >= 11 is 0. The van der Waals surface area contributed by atoms with Crippen LogP contribution in [0.1, 0.15) is 52.4 Å².